The number of hydrogen-bond acceptors (Lipinski definition) is 0. The first-order valence-electron chi connectivity index (χ1n) is 3.62. The molecule has 0 spiro atoms. The van der Waals surface area contributed by atoms with Crippen LogP contribution in [0, 0.1) is 6.92 Å². The van der Waals surface area contributed by atoms with Gasteiger partial charge in [-0.25, -0.2) is 0 Å². The Morgan fingerprint density at radius 2 is 1.67 bits per heavy atom. The molecule has 0 atom stereocenters. The normalized spacial score (nSPS) is 8.58. The van der Waals surface area contributed by atoms with Gasteiger partial charge in [-0.05, 0) is 0 Å². The predicted molar refractivity (Wildman–Crippen MR) is 55.3 cm³/mol. The first-order chi connectivity index (χ1) is 4.72. The van der Waals surface area contributed by atoms with Crippen molar-refractivity contribution >= 4 is 17.0 Å². The van der Waals surface area contributed by atoms with Gasteiger partial charge < -0.3 is 0 Å². The van der Waals surface area contributed by atoms with Crippen LogP contribution in [-0.2, 0) is 19.5 Å². The third kappa shape index (κ3) is 3.73. The number of benzene rings is 1. The van der Waals surface area contributed by atoms with Gasteiger partial charge in [0, 0.05) is 19.5 Å². The van der Waals surface area contributed by atoms with Crippen LogP contribution in [0.15, 0.2) is 24.3 Å². The fourth-order valence-corrected chi connectivity index (χ4v) is 1.10. The average Bonchev–Trinajstić information content (AvgIpc) is 1.88. The van der Waals surface area contributed by atoms with E-state index in [2.05, 4.69) is 39.0 Å². The van der Waals surface area contributed by atoms with E-state index in [-0.39, 0.29) is 36.5 Å². The van der Waals surface area contributed by atoms with Crippen LogP contribution in [0.25, 0.3) is 0 Å². The smallest absolute Gasteiger partial charge is 0 e. The molecule has 0 N–H and O–H groups in total. The SMILES string of the molecule is Br.[CH2-]c1ccccc1C(C)C.[Zn]. The third-order valence-corrected chi connectivity index (χ3v) is 1.68. The summed E-state index contributed by atoms with van der Waals surface area (Å²) in [4.78, 5) is 0. The van der Waals surface area contributed by atoms with Crippen LogP contribution in [0.2, 0.25) is 0 Å². The summed E-state index contributed by atoms with van der Waals surface area (Å²) < 4.78 is 0. The van der Waals surface area contributed by atoms with Crippen LogP contribution in [0.5, 0.6) is 0 Å². The Morgan fingerprint density at radius 1 is 1.17 bits per heavy atom. The molecule has 0 bridgehead atoms. The number of halogens is 1. The quantitative estimate of drug-likeness (QED) is 0.544. The summed E-state index contributed by atoms with van der Waals surface area (Å²) in [6.07, 6.45) is 0. The van der Waals surface area contributed by atoms with E-state index in [1.54, 1.807) is 0 Å². The largest absolute Gasteiger partial charge is 0.198 e. The van der Waals surface area contributed by atoms with Gasteiger partial charge in [0.25, 0.3) is 0 Å². The molecule has 64 valence electrons. The molecule has 12 heavy (non-hydrogen) atoms. The van der Waals surface area contributed by atoms with Gasteiger partial charge in [0.15, 0.2) is 0 Å². The molecule has 0 saturated carbocycles. The van der Waals surface area contributed by atoms with Gasteiger partial charge in [0.05, 0.1) is 0 Å². The third-order valence-electron chi connectivity index (χ3n) is 1.68. The summed E-state index contributed by atoms with van der Waals surface area (Å²) in [6.45, 7) is 8.31. The minimum absolute atomic E-state index is 0. The summed E-state index contributed by atoms with van der Waals surface area (Å²) in [5, 5.41) is 0. The molecule has 1 rings (SSSR count). The second kappa shape index (κ2) is 6.68. The summed E-state index contributed by atoms with van der Waals surface area (Å²) in [6, 6.07) is 8.26. The Hall–Kier alpha value is 0.193. The van der Waals surface area contributed by atoms with Crippen molar-refractivity contribution in [2.45, 2.75) is 19.8 Å². The van der Waals surface area contributed by atoms with Gasteiger partial charge in [-0.2, -0.15) is 18.6 Å². The van der Waals surface area contributed by atoms with Crippen molar-refractivity contribution in [3.05, 3.63) is 42.3 Å². The van der Waals surface area contributed by atoms with Crippen LogP contribution >= 0.6 is 17.0 Å². The van der Waals surface area contributed by atoms with Gasteiger partial charge in [0.1, 0.15) is 0 Å². The molecule has 1 aromatic rings. The van der Waals surface area contributed by atoms with E-state index in [4.69, 9.17) is 0 Å². The van der Waals surface area contributed by atoms with Crippen molar-refractivity contribution in [1.82, 2.24) is 0 Å². The zero-order valence-corrected chi connectivity index (χ0v) is 12.4. The van der Waals surface area contributed by atoms with E-state index >= 15 is 0 Å². The zero-order chi connectivity index (χ0) is 7.56. The molecule has 0 heterocycles. The Morgan fingerprint density at radius 3 is 2.00 bits per heavy atom. The van der Waals surface area contributed by atoms with Crippen LogP contribution < -0.4 is 0 Å². The van der Waals surface area contributed by atoms with Crippen LogP contribution in [0.3, 0.4) is 0 Å². The molecular weight excluding hydrogens is 265 g/mol. The average molecular weight is 280 g/mol. The van der Waals surface area contributed by atoms with E-state index < -0.39 is 0 Å². The monoisotopic (exact) mass is 277 g/mol. The fraction of sp³-hybridized carbons (Fsp3) is 0.300. The molecule has 2 heteroatoms. The molecule has 0 unspecified atom stereocenters. The van der Waals surface area contributed by atoms with E-state index in [1.807, 2.05) is 6.07 Å². The molecule has 0 aromatic heterocycles. The maximum Gasteiger partial charge on any atom is 0 e. The summed E-state index contributed by atoms with van der Waals surface area (Å²) in [5.74, 6) is 0.591. The van der Waals surface area contributed by atoms with Gasteiger partial charge in [-0.3, -0.25) is 0 Å². The van der Waals surface area contributed by atoms with Crippen molar-refractivity contribution in [3.8, 4) is 0 Å². The Balaban J connectivity index is 0. The molecule has 0 aliphatic heterocycles. The molecule has 0 nitrogen and oxygen atoms in total. The van der Waals surface area contributed by atoms with E-state index in [9.17, 15) is 0 Å². The Kier molecular flexibility index (Phi) is 8.19. The number of hydrogen-bond donors (Lipinski definition) is 0. The molecule has 0 fully saturated rings. The molecular formula is C10H14BrZn-. The summed E-state index contributed by atoms with van der Waals surface area (Å²) >= 11 is 0. The minimum atomic E-state index is 0. The Labute approximate surface area is 98.3 Å². The van der Waals surface area contributed by atoms with Crippen molar-refractivity contribution in [3.63, 3.8) is 0 Å². The van der Waals surface area contributed by atoms with Gasteiger partial charge in [-0.15, -0.1) is 34.7 Å². The Bertz CT molecular complexity index is 221. The molecule has 0 amide bonds. The first-order valence-corrected chi connectivity index (χ1v) is 3.62. The topological polar surface area (TPSA) is 0 Å². The van der Waals surface area contributed by atoms with Gasteiger partial charge in [0.2, 0.25) is 0 Å². The van der Waals surface area contributed by atoms with Crippen molar-refractivity contribution in [1.29, 1.82) is 0 Å². The van der Waals surface area contributed by atoms with Crippen LogP contribution in [0.1, 0.15) is 30.9 Å². The fourth-order valence-electron chi connectivity index (χ4n) is 1.10. The van der Waals surface area contributed by atoms with Crippen LogP contribution in [-0.4, -0.2) is 0 Å². The van der Waals surface area contributed by atoms with Gasteiger partial charge in [-0.1, -0.05) is 25.8 Å². The standard InChI is InChI=1S/C10H13.BrH.Zn/c1-8(2)10-7-5-4-6-9(10)3;;/h4-8H,3H2,1-2H3;1H;/q-1;;. The molecule has 1 aromatic carbocycles. The molecule has 0 aliphatic rings. The van der Waals surface area contributed by atoms with Crippen molar-refractivity contribution < 1.29 is 19.5 Å². The zero-order valence-electron chi connectivity index (χ0n) is 7.71. The first kappa shape index (κ1) is 14.7. The van der Waals surface area contributed by atoms with Crippen molar-refractivity contribution in [2.24, 2.45) is 0 Å². The number of rotatable bonds is 1. The summed E-state index contributed by atoms with van der Waals surface area (Å²) in [5.41, 5.74) is 2.50. The van der Waals surface area contributed by atoms with E-state index in [0.717, 1.165) is 5.56 Å². The maximum atomic E-state index is 3.94. The summed E-state index contributed by atoms with van der Waals surface area (Å²) in [7, 11) is 0. The van der Waals surface area contributed by atoms with Crippen LogP contribution in [0.4, 0.5) is 0 Å². The predicted octanol–water partition coefficient (Wildman–Crippen LogP) is 3.57. The minimum Gasteiger partial charge on any atom is -0.198 e. The van der Waals surface area contributed by atoms with Crippen molar-refractivity contribution in [2.75, 3.05) is 0 Å². The second-order valence-electron chi connectivity index (χ2n) is 2.85. The molecule has 0 saturated heterocycles. The molecule has 0 radical (unpaired) electrons. The van der Waals surface area contributed by atoms with Gasteiger partial charge >= 0.3 is 0 Å². The second-order valence-corrected chi connectivity index (χ2v) is 2.85. The van der Waals surface area contributed by atoms with E-state index in [0.29, 0.717) is 5.92 Å². The molecule has 0 aliphatic carbocycles. The van der Waals surface area contributed by atoms with E-state index in [1.165, 1.54) is 5.56 Å². The maximum absolute atomic E-state index is 3.94.